The number of amides is 1. The summed E-state index contributed by atoms with van der Waals surface area (Å²) in [6.07, 6.45) is 0.881. The predicted molar refractivity (Wildman–Crippen MR) is 85.9 cm³/mol. The number of benzene rings is 2. The van der Waals surface area contributed by atoms with E-state index in [-0.39, 0.29) is 11.7 Å². The molecule has 2 aromatic rings. The molecule has 0 saturated carbocycles. The topological polar surface area (TPSA) is 38.3 Å². The highest BCUT2D eigenvalue weighted by atomic mass is 35.5. The van der Waals surface area contributed by atoms with Crippen molar-refractivity contribution >= 4 is 23.2 Å². The maximum atomic E-state index is 13.0. The van der Waals surface area contributed by atoms with Gasteiger partial charge < -0.3 is 10.1 Å². The Balaban J connectivity index is 1.73. The van der Waals surface area contributed by atoms with Gasteiger partial charge in [-0.25, -0.2) is 4.39 Å². The van der Waals surface area contributed by atoms with Crippen molar-refractivity contribution in [2.45, 2.75) is 19.8 Å². The Kier molecular flexibility index (Phi) is 5.78. The number of nitrogens with one attached hydrogen (secondary N) is 1. The molecule has 22 heavy (non-hydrogen) atoms. The molecule has 1 N–H and O–H groups in total. The van der Waals surface area contributed by atoms with Crippen LogP contribution < -0.4 is 10.1 Å². The van der Waals surface area contributed by atoms with Crippen molar-refractivity contribution in [3.05, 3.63) is 58.9 Å². The molecule has 0 spiro atoms. The van der Waals surface area contributed by atoms with E-state index >= 15 is 0 Å². The first-order chi connectivity index (χ1) is 10.5. The Bertz CT molecular complexity index is 661. The van der Waals surface area contributed by atoms with Gasteiger partial charge >= 0.3 is 0 Å². The molecular weight excluding hydrogens is 305 g/mol. The van der Waals surface area contributed by atoms with Gasteiger partial charge in [0.15, 0.2) is 0 Å². The minimum absolute atomic E-state index is 0.165. The van der Waals surface area contributed by atoms with E-state index in [1.165, 1.54) is 12.1 Å². The molecule has 2 aromatic carbocycles. The zero-order valence-corrected chi connectivity index (χ0v) is 13.0. The highest BCUT2D eigenvalue weighted by Gasteiger charge is 2.04. The standard InChI is InChI=1S/C17H17ClFNO2/c1-12-10-13(18)7-8-16(12)22-9-3-6-17(21)20-15-5-2-4-14(19)11-15/h2,4-5,7-8,10-11H,3,6,9H2,1H3,(H,20,21). The first-order valence-electron chi connectivity index (χ1n) is 6.99. The third-order valence-electron chi connectivity index (χ3n) is 3.05. The second-order valence-electron chi connectivity index (χ2n) is 4.92. The van der Waals surface area contributed by atoms with Crippen LogP contribution in [-0.4, -0.2) is 12.5 Å². The molecule has 0 aliphatic heterocycles. The number of carbonyl (C=O) groups excluding carboxylic acids is 1. The number of hydrogen-bond donors (Lipinski definition) is 1. The minimum Gasteiger partial charge on any atom is -0.493 e. The minimum atomic E-state index is -0.376. The van der Waals surface area contributed by atoms with Crippen molar-refractivity contribution in [2.75, 3.05) is 11.9 Å². The fraction of sp³-hybridized carbons (Fsp3) is 0.235. The normalized spacial score (nSPS) is 10.3. The smallest absolute Gasteiger partial charge is 0.224 e. The molecule has 0 radical (unpaired) electrons. The molecular formula is C17H17ClFNO2. The second-order valence-corrected chi connectivity index (χ2v) is 5.36. The van der Waals surface area contributed by atoms with Crippen LogP contribution in [0.4, 0.5) is 10.1 Å². The zero-order chi connectivity index (χ0) is 15.9. The lowest BCUT2D eigenvalue weighted by Crippen LogP contribution is -2.13. The summed E-state index contributed by atoms with van der Waals surface area (Å²) >= 11 is 5.87. The average molecular weight is 322 g/mol. The lowest BCUT2D eigenvalue weighted by Gasteiger charge is -2.09. The fourth-order valence-electron chi connectivity index (χ4n) is 1.98. The molecule has 0 aromatic heterocycles. The molecule has 2 rings (SSSR count). The van der Waals surface area contributed by atoms with Crippen LogP contribution in [0.15, 0.2) is 42.5 Å². The van der Waals surface area contributed by atoms with Crippen molar-refractivity contribution in [1.29, 1.82) is 0 Å². The van der Waals surface area contributed by atoms with Crippen molar-refractivity contribution in [3.63, 3.8) is 0 Å². The number of halogens is 2. The van der Waals surface area contributed by atoms with E-state index in [0.29, 0.717) is 30.2 Å². The van der Waals surface area contributed by atoms with Crippen molar-refractivity contribution in [2.24, 2.45) is 0 Å². The summed E-state index contributed by atoms with van der Waals surface area (Å²) in [6, 6.07) is 11.2. The molecule has 0 bridgehead atoms. The molecule has 1 amide bonds. The molecule has 0 heterocycles. The van der Waals surface area contributed by atoms with Gasteiger partial charge in [0.05, 0.1) is 6.61 Å². The summed E-state index contributed by atoms with van der Waals surface area (Å²) in [7, 11) is 0. The van der Waals surface area contributed by atoms with Gasteiger partial charge in [0.2, 0.25) is 5.91 Å². The lowest BCUT2D eigenvalue weighted by atomic mass is 10.2. The maximum absolute atomic E-state index is 13.0. The van der Waals surface area contributed by atoms with Gasteiger partial charge in [0.1, 0.15) is 11.6 Å². The molecule has 0 unspecified atom stereocenters. The van der Waals surface area contributed by atoms with E-state index < -0.39 is 0 Å². The SMILES string of the molecule is Cc1cc(Cl)ccc1OCCCC(=O)Nc1cccc(F)c1. The van der Waals surface area contributed by atoms with Gasteiger partial charge in [-0.1, -0.05) is 17.7 Å². The molecule has 0 atom stereocenters. The Morgan fingerprint density at radius 3 is 2.82 bits per heavy atom. The highest BCUT2D eigenvalue weighted by molar-refractivity contribution is 6.30. The summed E-state index contributed by atoms with van der Waals surface area (Å²) in [6.45, 7) is 2.34. The number of anilines is 1. The molecule has 0 fully saturated rings. The first-order valence-corrected chi connectivity index (χ1v) is 7.37. The molecule has 5 heteroatoms. The number of carbonyl (C=O) groups is 1. The third-order valence-corrected chi connectivity index (χ3v) is 3.29. The Morgan fingerprint density at radius 1 is 1.27 bits per heavy atom. The van der Waals surface area contributed by atoms with Crippen LogP contribution >= 0.6 is 11.6 Å². The Morgan fingerprint density at radius 2 is 2.09 bits per heavy atom. The van der Waals surface area contributed by atoms with Gasteiger partial charge in [-0.2, -0.15) is 0 Å². The van der Waals surface area contributed by atoms with E-state index in [1.54, 1.807) is 18.2 Å². The summed E-state index contributed by atoms with van der Waals surface area (Å²) in [5, 5.41) is 3.31. The van der Waals surface area contributed by atoms with E-state index in [4.69, 9.17) is 16.3 Å². The van der Waals surface area contributed by atoms with Crippen LogP contribution in [0, 0.1) is 12.7 Å². The van der Waals surface area contributed by atoms with Gasteiger partial charge in [-0.15, -0.1) is 0 Å². The molecule has 0 aliphatic carbocycles. The van der Waals surface area contributed by atoms with Gasteiger partial charge in [-0.05, 0) is 55.3 Å². The van der Waals surface area contributed by atoms with Crippen LogP contribution in [0.3, 0.4) is 0 Å². The van der Waals surface area contributed by atoms with E-state index in [9.17, 15) is 9.18 Å². The van der Waals surface area contributed by atoms with Gasteiger partial charge in [-0.3, -0.25) is 4.79 Å². The monoisotopic (exact) mass is 321 g/mol. The van der Waals surface area contributed by atoms with Crippen LogP contribution in [0.2, 0.25) is 5.02 Å². The molecule has 3 nitrogen and oxygen atoms in total. The van der Waals surface area contributed by atoms with E-state index in [0.717, 1.165) is 11.3 Å². The largest absolute Gasteiger partial charge is 0.493 e. The van der Waals surface area contributed by atoms with Crippen LogP contribution in [0.1, 0.15) is 18.4 Å². The number of rotatable bonds is 6. The Hall–Kier alpha value is -2.07. The quantitative estimate of drug-likeness (QED) is 0.790. The summed E-state index contributed by atoms with van der Waals surface area (Å²) < 4.78 is 18.6. The molecule has 116 valence electrons. The van der Waals surface area contributed by atoms with E-state index in [1.807, 2.05) is 19.1 Å². The summed E-state index contributed by atoms with van der Waals surface area (Å²) in [5.41, 5.74) is 1.41. The molecule has 0 saturated heterocycles. The number of aryl methyl sites for hydroxylation is 1. The van der Waals surface area contributed by atoms with Crippen molar-refractivity contribution in [3.8, 4) is 5.75 Å². The number of ether oxygens (including phenoxy) is 1. The second kappa shape index (κ2) is 7.80. The van der Waals surface area contributed by atoms with Crippen LogP contribution in [0.5, 0.6) is 5.75 Å². The Labute approximate surface area is 134 Å². The third kappa shape index (κ3) is 5.04. The summed E-state index contributed by atoms with van der Waals surface area (Å²) in [5.74, 6) is 0.219. The van der Waals surface area contributed by atoms with Crippen molar-refractivity contribution in [1.82, 2.24) is 0 Å². The van der Waals surface area contributed by atoms with Crippen LogP contribution in [0.25, 0.3) is 0 Å². The van der Waals surface area contributed by atoms with Gasteiger partial charge in [0, 0.05) is 17.1 Å². The fourth-order valence-corrected chi connectivity index (χ4v) is 2.21. The maximum Gasteiger partial charge on any atom is 0.224 e. The highest BCUT2D eigenvalue weighted by Crippen LogP contribution is 2.22. The average Bonchev–Trinajstić information content (AvgIpc) is 2.45. The molecule has 0 aliphatic rings. The number of hydrogen-bond acceptors (Lipinski definition) is 2. The van der Waals surface area contributed by atoms with Gasteiger partial charge in [0.25, 0.3) is 0 Å². The lowest BCUT2D eigenvalue weighted by molar-refractivity contribution is -0.116. The zero-order valence-electron chi connectivity index (χ0n) is 12.2. The predicted octanol–water partition coefficient (Wildman–Crippen LogP) is 4.59. The van der Waals surface area contributed by atoms with Crippen LogP contribution in [-0.2, 0) is 4.79 Å². The van der Waals surface area contributed by atoms with E-state index in [2.05, 4.69) is 5.32 Å². The first kappa shape index (κ1) is 16.3. The summed E-state index contributed by atoms with van der Waals surface area (Å²) in [4.78, 5) is 11.7. The van der Waals surface area contributed by atoms with Crippen molar-refractivity contribution < 1.29 is 13.9 Å².